The molecule has 1 heterocycles. The lowest BCUT2D eigenvalue weighted by atomic mass is 10.00. The summed E-state index contributed by atoms with van der Waals surface area (Å²) in [6.07, 6.45) is -0.237. The van der Waals surface area contributed by atoms with Crippen molar-refractivity contribution in [3.63, 3.8) is 0 Å². The molecule has 1 aliphatic heterocycles. The van der Waals surface area contributed by atoms with Crippen LogP contribution in [0.1, 0.15) is 23.7 Å². The van der Waals surface area contributed by atoms with Crippen molar-refractivity contribution in [2.75, 3.05) is 19.8 Å². The molecule has 0 amide bonds. The first-order valence-electron chi connectivity index (χ1n) is 6.32. The molecule has 2 atom stereocenters. The number of nitro benzene ring substituents is 1. The van der Waals surface area contributed by atoms with Crippen LogP contribution in [0.2, 0.25) is 0 Å². The largest absolute Gasteiger partial charge is 0.388 e. The van der Waals surface area contributed by atoms with Crippen molar-refractivity contribution in [2.24, 2.45) is 0 Å². The molecule has 0 bridgehead atoms. The third kappa shape index (κ3) is 3.50. The van der Waals surface area contributed by atoms with E-state index in [-0.39, 0.29) is 11.7 Å². The highest BCUT2D eigenvalue weighted by Crippen LogP contribution is 2.25. The van der Waals surface area contributed by atoms with Crippen LogP contribution in [0, 0.1) is 17.0 Å². The lowest BCUT2D eigenvalue weighted by Crippen LogP contribution is -2.42. The van der Waals surface area contributed by atoms with Crippen LogP contribution in [0.5, 0.6) is 0 Å². The predicted octanol–water partition coefficient (Wildman–Crippen LogP) is 1.32. The van der Waals surface area contributed by atoms with E-state index in [0.717, 1.165) is 6.54 Å². The number of ether oxygens (including phenoxy) is 1. The molecule has 0 spiro atoms. The van der Waals surface area contributed by atoms with Gasteiger partial charge in [0.15, 0.2) is 0 Å². The Morgan fingerprint density at radius 1 is 1.63 bits per heavy atom. The van der Waals surface area contributed by atoms with Crippen LogP contribution in [0.3, 0.4) is 0 Å². The zero-order chi connectivity index (χ0) is 13.8. The molecule has 0 radical (unpaired) electrons. The standard InChI is InChI=1S/C13H18N2O4/c1-9-2-3-10(6-12(9)15(17)18)13(16)7-11-8-19-5-4-14-11/h2-3,6,11,13-14,16H,4-5,7-8H2,1H3. The van der Waals surface area contributed by atoms with Gasteiger partial charge in [0.05, 0.1) is 24.2 Å². The quantitative estimate of drug-likeness (QED) is 0.634. The van der Waals surface area contributed by atoms with Gasteiger partial charge in [0.2, 0.25) is 0 Å². The molecule has 2 unspecified atom stereocenters. The van der Waals surface area contributed by atoms with Crippen molar-refractivity contribution in [3.05, 3.63) is 39.4 Å². The summed E-state index contributed by atoms with van der Waals surface area (Å²) >= 11 is 0. The highest BCUT2D eigenvalue weighted by molar-refractivity contribution is 5.43. The van der Waals surface area contributed by atoms with Crippen LogP contribution in [-0.2, 0) is 4.74 Å². The van der Waals surface area contributed by atoms with Crippen molar-refractivity contribution >= 4 is 5.69 Å². The Hall–Kier alpha value is -1.50. The Morgan fingerprint density at radius 3 is 3.05 bits per heavy atom. The monoisotopic (exact) mass is 266 g/mol. The molecule has 1 fully saturated rings. The molecule has 1 aromatic carbocycles. The second-order valence-corrected chi connectivity index (χ2v) is 4.78. The summed E-state index contributed by atoms with van der Waals surface area (Å²) in [7, 11) is 0. The summed E-state index contributed by atoms with van der Waals surface area (Å²) < 4.78 is 5.32. The Morgan fingerprint density at radius 2 is 2.42 bits per heavy atom. The summed E-state index contributed by atoms with van der Waals surface area (Å²) in [6.45, 7) is 3.70. The van der Waals surface area contributed by atoms with E-state index in [1.807, 2.05) is 0 Å². The van der Waals surface area contributed by atoms with Gasteiger partial charge >= 0.3 is 0 Å². The number of nitro groups is 1. The van der Waals surface area contributed by atoms with Crippen LogP contribution in [-0.4, -0.2) is 35.8 Å². The van der Waals surface area contributed by atoms with Gasteiger partial charge in [0, 0.05) is 24.2 Å². The van der Waals surface area contributed by atoms with Gasteiger partial charge in [0.1, 0.15) is 0 Å². The number of morpholine rings is 1. The van der Waals surface area contributed by atoms with Crippen LogP contribution in [0.25, 0.3) is 0 Å². The van der Waals surface area contributed by atoms with Crippen molar-refractivity contribution < 1.29 is 14.8 Å². The summed E-state index contributed by atoms with van der Waals surface area (Å²) in [4.78, 5) is 10.5. The van der Waals surface area contributed by atoms with Crippen molar-refractivity contribution in [1.82, 2.24) is 5.32 Å². The molecule has 0 aromatic heterocycles. The van der Waals surface area contributed by atoms with E-state index in [1.54, 1.807) is 19.1 Å². The lowest BCUT2D eigenvalue weighted by molar-refractivity contribution is -0.385. The summed E-state index contributed by atoms with van der Waals surface area (Å²) in [5, 5.41) is 24.3. The van der Waals surface area contributed by atoms with Crippen LogP contribution in [0.15, 0.2) is 18.2 Å². The highest BCUT2D eigenvalue weighted by atomic mass is 16.6. The first-order chi connectivity index (χ1) is 9.08. The van der Waals surface area contributed by atoms with Crippen molar-refractivity contribution in [2.45, 2.75) is 25.5 Å². The molecule has 6 heteroatoms. The minimum atomic E-state index is -0.724. The number of rotatable bonds is 4. The molecule has 104 valence electrons. The maximum atomic E-state index is 10.9. The van der Waals surface area contributed by atoms with Crippen LogP contribution < -0.4 is 5.32 Å². The van der Waals surface area contributed by atoms with Crippen LogP contribution in [0.4, 0.5) is 5.69 Å². The van der Waals surface area contributed by atoms with Gasteiger partial charge in [-0.3, -0.25) is 10.1 Å². The van der Waals surface area contributed by atoms with Crippen LogP contribution >= 0.6 is 0 Å². The predicted molar refractivity (Wildman–Crippen MR) is 70.0 cm³/mol. The molecule has 1 saturated heterocycles. The maximum Gasteiger partial charge on any atom is 0.272 e. The fourth-order valence-corrected chi connectivity index (χ4v) is 2.21. The smallest absolute Gasteiger partial charge is 0.272 e. The van der Waals surface area contributed by atoms with E-state index in [9.17, 15) is 15.2 Å². The number of hydrogen-bond donors (Lipinski definition) is 2. The van der Waals surface area contributed by atoms with E-state index >= 15 is 0 Å². The molecule has 0 aliphatic carbocycles. The fraction of sp³-hybridized carbons (Fsp3) is 0.538. The molecular weight excluding hydrogens is 248 g/mol. The van der Waals surface area contributed by atoms with E-state index in [0.29, 0.717) is 30.8 Å². The molecule has 2 rings (SSSR count). The van der Waals surface area contributed by atoms with E-state index in [2.05, 4.69) is 5.32 Å². The van der Waals surface area contributed by atoms with E-state index in [4.69, 9.17) is 4.74 Å². The van der Waals surface area contributed by atoms with Gasteiger partial charge in [-0.15, -0.1) is 0 Å². The Balaban J connectivity index is 2.07. The first kappa shape index (κ1) is 13.9. The highest BCUT2D eigenvalue weighted by Gasteiger charge is 2.20. The summed E-state index contributed by atoms with van der Waals surface area (Å²) in [6, 6.07) is 4.94. The number of aryl methyl sites for hydroxylation is 1. The fourth-order valence-electron chi connectivity index (χ4n) is 2.21. The maximum absolute atomic E-state index is 10.9. The van der Waals surface area contributed by atoms with Gasteiger partial charge in [-0.05, 0) is 18.9 Å². The average molecular weight is 266 g/mol. The Labute approximate surface area is 111 Å². The molecule has 6 nitrogen and oxygen atoms in total. The molecule has 0 saturated carbocycles. The number of benzene rings is 1. The van der Waals surface area contributed by atoms with Gasteiger partial charge in [-0.2, -0.15) is 0 Å². The van der Waals surface area contributed by atoms with Gasteiger partial charge < -0.3 is 15.2 Å². The second kappa shape index (κ2) is 6.10. The van der Waals surface area contributed by atoms with Gasteiger partial charge in [-0.25, -0.2) is 0 Å². The number of aliphatic hydroxyl groups excluding tert-OH is 1. The first-order valence-corrected chi connectivity index (χ1v) is 6.32. The minimum absolute atomic E-state index is 0.0457. The lowest BCUT2D eigenvalue weighted by Gasteiger charge is -2.25. The minimum Gasteiger partial charge on any atom is -0.388 e. The normalized spacial score (nSPS) is 21.1. The zero-order valence-corrected chi connectivity index (χ0v) is 10.8. The van der Waals surface area contributed by atoms with E-state index in [1.165, 1.54) is 6.07 Å². The Bertz CT molecular complexity index is 458. The zero-order valence-electron chi connectivity index (χ0n) is 10.8. The average Bonchev–Trinajstić information content (AvgIpc) is 2.40. The number of aliphatic hydroxyl groups is 1. The molecule has 2 N–H and O–H groups in total. The summed E-state index contributed by atoms with van der Waals surface area (Å²) in [5.74, 6) is 0. The molecular formula is C13H18N2O4. The van der Waals surface area contributed by atoms with Crippen molar-refractivity contribution in [1.29, 1.82) is 0 Å². The molecule has 19 heavy (non-hydrogen) atoms. The van der Waals surface area contributed by atoms with Gasteiger partial charge in [-0.1, -0.05) is 12.1 Å². The van der Waals surface area contributed by atoms with Gasteiger partial charge in [0.25, 0.3) is 5.69 Å². The second-order valence-electron chi connectivity index (χ2n) is 4.78. The topological polar surface area (TPSA) is 84.6 Å². The molecule has 1 aliphatic rings. The number of nitrogens with one attached hydrogen (secondary N) is 1. The number of hydrogen-bond acceptors (Lipinski definition) is 5. The number of nitrogens with zero attached hydrogens (tertiary/aromatic N) is 1. The molecule has 1 aromatic rings. The SMILES string of the molecule is Cc1ccc(C(O)CC2COCCN2)cc1[N+](=O)[O-]. The summed E-state index contributed by atoms with van der Waals surface area (Å²) in [5.41, 5.74) is 1.22. The Kier molecular flexibility index (Phi) is 4.47. The third-order valence-corrected chi connectivity index (χ3v) is 3.32. The third-order valence-electron chi connectivity index (χ3n) is 3.32. The van der Waals surface area contributed by atoms with E-state index < -0.39 is 11.0 Å². The van der Waals surface area contributed by atoms with Crippen molar-refractivity contribution in [3.8, 4) is 0 Å².